The fourth-order valence-corrected chi connectivity index (χ4v) is 6.21. The minimum Gasteiger partial charge on any atom is -0.481 e. The zero-order valence-corrected chi connectivity index (χ0v) is 30.6. The normalized spacial score (nSPS) is 20.8. The molecule has 18 heteroatoms. The van der Waals surface area contributed by atoms with Crippen molar-refractivity contribution in [1.29, 1.82) is 0 Å². The number of urea groups is 1. The lowest BCUT2D eigenvalue weighted by Crippen LogP contribution is -2.66. The number of hydrogen-bond acceptors (Lipinski definition) is 11. The maximum absolute atomic E-state index is 14.5. The molecule has 1 aromatic rings. The van der Waals surface area contributed by atoms with E-state index in [2.05, 4.69) is 9.50 Å². The Hall–Kier alpha value is -3.87. The van der Waals surface area contributed by atoms with E-state index in [1.165, 1.54) is 32.9 Å². The number of hydrogen-bond donors (Lipinski definition) is 5. The predicted octanol–water partition coefficient (Wildman–Crippen LogP) is 3.14. The highest BCUT2D eigenvalue weighted by Crippen LogP contribution is 2.64. The summed E-state index contributed by atoms with van der Waals surface area (Å²) in [7, 11) is -5.23. The van der Waals surface area contributed by atoms with Gasteiger partial charge >= 0.3 is 28.5 Å². The number of aliphatic carboxylic acids is 2. The number of carboxylic acid groups (broad SMARTS) is 2. The second-order valence-corrected chi connectivity index (χ2v) is 16.2. The molecule has 0 aliphatic carbocycles. The number of unbranched alkanes of at least 4 members (excludes halogenated alkanes) is 1. The summed E-state index contributed by atoms with van der Waals surface area (Å²) in [5.41, 5.74) is -1.48. The fourth-order valence-electron chi connectivity index (χ4n) is 5.87. The average Bonchev–Trinajstić information content (AvgIpc) is 3.46. The van der Waals surface area contributed by atoms with Crippen LogP contribution in [0.2, 0.25) is 0 Å². The molecule has 1 saturated heterocycles. The van der Waals surface area contributed by atoms with Crippen LogP contribution in [-0.4, -0.2) is 98.0 Å². The minimum absolute atomic E-state index is 0.0896. The van der Waals surface area contributed by atoms with Crippen molar-refractivity contribution >= 4 is 40.3 Å². The highest BCUT2D eigenvalue weighted by atomic mass is 32.3. The standard InChI is InChI=1S/C32H49FN4O12S/c1-27(2,3)31(17-10-11-19-35-23(40)20-12-14-21(15-13-20)48-50(33,46)47)32(45,49-29(7,8)9)37(31)26(44)36(28(4,5)6)24(41)30(34,25(42)43)18-16-22(38)39/h12-15,45H,10-11,16-19,34H2,1-9H3,(H,35,40)(H,38,39)(H,42,43)/t30?,31-,32-,37?/m0/s1. The summed E-state index contributed by atoms with van der Waals surface area (Å²) in [5, 5.41) is 34.0. The van der Waals surface area contributed by atoms with E-state index < -0.39 is 86.7 Å². The predicted molar refractivity (Wildman–Crippen MR) is 177 cm³/mol. The molecule has 1 unspecified atom stereocenters. The Balaban J connectivity index is 2.40. The van der Waals surface area contributed by atoms with Crippen LogP contribution in [0.1, 0.15) is 105 Å². The summed E-state index contributed by atoms with van der Waals surface area (Å²) in [4.78, 5) is 66.2. The quantitative estimate of drug-likeness (QED) is 0.0608. The number of rotatable bonds is 14. The molecular weight excluding hydrogens is 683 g/mol. The molecule has 282 valence electrons. The first-order valence-electron chi connectivity index (χ1n) is 15.8. The number of nitrogens with zero attached hydrogens (tertiary/aromatic N) is 2. The van der Waals surface area contributed by atoms with Crippen molar-refractivity contribution in [3.63, 3.8) is 0 Å². The van der Waals surface area contributed by atoms with E-state index in [-0.39, 0.29) is 24.3 Å². The zero-order chi connectivity index (χ0) is 38.9. The van der Waals surface area contributed by atoms with Gasteiger partial charge in [-0.25, -0.2) is 9.59 Å². The summed E-state index contributed by atoms with van der Waals surface area (Å²) in [6.45, 7) is 14.7. The Morgan fingerprint density at radius 3 is 1.92 bits per heavy atom. The van der Waals surface area contributed by atoms with Crippen LogP contribution in [0.4, 0.5) is 8.68 Å². The molecule has 0 spiro atoms. The van der Waals surface area contributed by atoms with Crippen LogP contribution in [0.5, 0.6) is 5.75 Å². The van der Waals surface area contributed by atoms with E-state index in [1.807, 2.05) is 0 Å². The van der Waals surface area contributed by atoms with E-state index in [1.54, 1.807) is 41.5 Å². The monoisotopic (exact) mass is 732 g/mol. The maximum Gasteiger partial charge on any atom is 0.488 e. The number of nitrogens with two attached hydrogens (primary N) is 1. The average molecular weight is 733 g/mol. The van der Waals surface area contributed by atoms with Gasteiger partial charge < -0.3 is 35.3 Å². The van der Waals surface area contributed by atoms with Crippen molar-refractivity contribution in [2.24, 2.45) is 11.1 Å². The molecule has 1 heterocycles. The number of amides is 4. The number of carbonyl (C=O) groups is 5. The van der Waals surface area contributed by atoms with Gasteiger partial charge in [0.05, 0.1) is 5.60 Å². The van der Waals surface area contributed by atoms with E-state index in [0.717, 1.165) is 17.0 Å². The van der Waals surface area contributed by atoms with Crippen molar-refractivity contribution in [3.8, 4) is 5.75 Å². The number of carbonyl (C=O) groups excluding carboxylic acids is 3. The maximum atomic E-state index is 14.5. The van der Waals surface area contributed by atoms with Crippen molar-refractivity contribution in [2.75, 3.05) is 6.54 Å². The van der Waals surface area contributed by atoms with Gasteiger partial charge in [0.25, 0.3) is 17.7 Å². The van der Waals surface area contributed by atoms with Crippen molar-refractivity contribution in [3.05, 3.63) is 29.8 Å². The van der Waals surface area contributed by atoms with Crippen molar-refractivity contribution < 1.29 is 60.5 Å². The molecule has 2 rings (SSSR count). The van der Waals surface area contributed by atoms with Crippen LogP contribution in [0.15, 0.2) is 24.3 Å². The largest absolute Gasteiger partial charge is 0.488 e. The molecule has 1 aliphatic heterocycles. The van der Waals surface area contributed by atoms with Gasteiger partial charge in [0.2, 0.25) is 0 Å². The van der Waals surface area contributed by atoms with E-state index in [9.17, 15) is 51.6 Å². The van der Waals surface area contributed by atoms with Crippen LogP contribution in [-0.2, 0) is 29.6 Å². The van der Waals surface area contributed by atoms with Gasteiger partial charge in [0.15, 0.2) is 5.54 Å². The van der Waals surface area contributed by atoms with E-state index in [4.69, 9.17) is 10.5 Å². The number of imide groups is 1. The highest BCUT2D eigenvalue weighted by Gasteiger charge is 2.84. The Labute approximate surface area is 291 Å². The lowest BCUT2D eigenvalue weighted by Gasteiger charge is -2.39. The first-order valence-corrected chi connectivity index (χ1v) is 17.1. The molecule has 1 aliphatic rings. The minimum atomic E-state index is -5.23. The summed E-state index contributed by atoms with van der Waals surface area (Å²) in [6, 6.07) is 3.60. The summed E-state index contributed by atoms with van der Waals surface area (Å²) in [5.74, 6) is -7.75. The Morgan fingerprint density at radius 2 is 1.50 bits per heavy atom. The van der Waals surface area contributed by atoms with Crippen LogP contribution < -0.4 is 15.2 Å². The van der Waals surface area contributed by atoms with Gasteiger partial charge in [-0.2, -0.15) is 8.42 Å². The van der Waals surface area contributed by atoms with Crippen molar-refractivity contribution in [1.82, 2.24) is 15.1 Å². The number of ether oxygens (including phenoxy) is 1. The molecule has 1 fully saturated rings. The summed E-state index contributed by atoms with van der Waals surface area (Å²) < 4.78 is 44.3. The molecule has 4 amide bonds. The third kappa shape index (κ3) is 9.26. The smallest absolute Gasteiger partial charge is 0.481 e. The molecule has 6 N–H and O–H groups in total. The summed E-state index contributed by atoms with van der Waals surface area (Å²) in [6.07, 6.45) is -0.858. The van der Waals surface area contributed by atoms with Crippen LogP contribution >= 0.6 is 0 Å². The van der Waals surface area contributed by atoms with Gasteiger partial charge in [-0.05, 0) is 96.9 Å². The fraction of sp³-hybridized carbons (Fsp3) is 0.656. The topological polar surface area (TPSA) is 243 Å². The number of halogens is 1. The second kappa shape index (κ2) is 14.4. The number of aliphatic hydroxyl groups is 1. The third-order valence-electron chi connectivity index (χ3n) is 8.18. The number of carboxylic acids is 2. The first kappa shape index (κ1) is 42.3. The van der Waals surface area contributed by atoms with Crippen LogP contribution in [0.25, 0.3) is 0 Å². The van der Waals surface area contributed by atoms with Gasteiger partial charge in [-0.3, -0.25) is 24.2 Å². The second-order valence-electron chi connectivity index (χ2n) is 15.2. The SMILES string of the molecule is CC(C)(C)O[C@]1(O)N(C(=O)N(C(=O)C(N)(CCC(=O)O)C(=O)O)C(C)(C)C)[C@@]1(CCCCNC(=O)c1ccc(OS(=O)(=O)F)cc1)C(C)(C)C. The third-order valence-corrected chi connectivity index (χ3v) is 8.57. The molecule has 0 aromatic heterocycles. The Morgan fingerprint density at radius 1 is 0.960 bits per heavy atom. The lowest BCUT2D eigenvalue weighted by molar-refractivity contribution is -0.223. The first-order chi connectivity index (χ1) is 22.4. The lowest BCUT2D eigenvalue weighted by atomic mass is 9.75. The number of nitrogens with one attached hydrogen (secondary N) is 1. The van der Waals surface area contributed by atoms with Crippen LogP contribution in [0.3, 0.4) is 0 Å². The Bertz CT molecular complexity index is 1580. The summed E-state index contributed by atoms with van der Waals surface area (Å²) >= 11 is 0. The molecule has 16 nitrogen and oxygen atoms in total. The molecule has 1 aromatic carbocycles. The Kier molecular flexibility index (Phi) is 12.2. The van der Waals surface area contributed by atoms with E-state index >= 15 is 0 Å². The molecule has 0 saturated carbocycles. The number of benzene rings is 1. The van der Waals surface area contributed by atoms with Gasteiger partial charge in [0.1, 0.15) is 11.3 Å². The zero-order valence-electron chi connectivity index (χ0n) is 29.8. The van der Waals surface area contributed by atoms with Gasteiger partial charge in [-0.1, -0.05) is 24.7 Å². The van der Waals surface area contributed by atoms with E-state index in [0.29, 0.717) is 17.7 Å². The van der Waals surface area contributed by atoms with Crippen molar-refractivity contribution in [2.45, 2.75) is 123 Å². The van der Waals surface area contributed by atoms with Gasteiger partial charge in [0, 0.05) is 24.1 Å². The molecule has 0 radical (unpaired) electrons. The molecule has 0 bridgehead atoms. The van der Waals surface area contributed by atoms with Gasteiger partial charge in [-0.15, -0.1) is 0 Å². The molecule has 50 heavy (non-hydrogen) atoms. The van der Waals surface area contributed by atoms with Crippen LogP contribution in [0, 0.1) is 5.41 Å². The molecular formula is C32H49FN4O12S. The molecule has 3 atom stereocenters. The highest BCUT2D eigenvalue weighted by molar-refractivity contribution is 7.81.